The summed E-state index contributed by atoms with van der Waals surface area (Å²) < 4.78 is 0. The average molecular weight is 526 g/mol. The summed E-state index contributed by atoms with van der Waals surface area (Å²) in [6.07, 6.45) is 4.23. The third-order valence-corrected chi connectivity index (χ3v) is 7.28. The molecule has 36 heavy (non-hydrogen) atoms. The topological polar surface area (TPSA) is 56.4 Å². The Bertz CT molecular complexity index is 1120. The Hall–Kier alpha value is -2.57. The van der Waals surface area contributed by atoms with Crippen LogP contribution >= 0.6 is 23.2 Å². The van der Waals surface area contributed by atoms with Gasteiger partial charge in [-0.15, -0.1) is 0 Å². The third kappa shape index (κ3) is 7.97. The number of para-hydroxylation sites is 1. The van der Waals surface area contributed by atoms with Gasteiger partial charge in [0, 0.05) is 31.2 Å². The quantitative estimate of drug-likeness (QED) is 0.252. The molecule has 0 bridgehead atoms. The summed E-state index contributed by atoms with van der Waals surface area (Å²) in [5.41, 5.74) is 4.07. The highest BCUT2D eigenvalue weighted by molar-refractivity contribution is 6.42. The van der Waals surface area contributed by atoms with Crippen LogP contribution in [0.5, 0.6) is 0 Å². The van der Waals surface area contributed by atoms with E-state index in [-0.39, 0.29) is 6.03 Å². The van der Waals surface area contributed by atoms with Crippen LogP contribution in [0.2, 0.25) is 10.0 Å². The van der Waals surface area contributed by atoms with Crippen molar-refractivity contribution in [3.63, 3.8) is 0 Å². The summed E-state index contributed by atoms with van der Waals surface area (Å²) in [5.74, 6) is 0. The monoisotopic (exact) mass is 524 g/mol. The second-order valence-corrected chi connectivity index (χ2v) is 10.1. The van der Waals surface area contributed by atoms with Crippen LogP contribution in [0.15, 0.2) is 72.8 Å². The Balaban J connectivity index is 1.26. The van der Waals surface area contributed by atoms with Gasteiger partial charge < -0.3 is 20.9 Å². The van der Waals surface area contributed by atoms with Crippen molar-refractivity contribution in [1.82, 2.24) is 15.5 Å². The average Bonchev–Trinajstić information content (AvgIpc) is 3.41. The molecular weight excluding hydrogens is 491 g/mol. The molecule has 3 N–H and O–H groups in total. The zero-order valence-corrected chi connectivity index (χ0v) is 22.0. The summed E-state index contributed by atoms with van der Waals surface area (Å²) in [6, 6.07) is 24.2. The molecule has 190 valence electrons. The molecule has 0 aromatic heterocycles. The van der Waals surface area contributed by atoms with Crippen LogP contribution in [0.4, 0.5) is 10.5 Å². The van der Waals surface area contributed by atoms with Crippen molar-refractivity contribution in [2.45, 2.75) is 31.7 Å². The van der Waals surface area contributed by atoms with Gasteiger partial charge in [0.05, 0.1) is 15.7 Å². The lowest BCUT2D eigenvalue weighted by Gasteiger charge is -2.26. The van der Waals surface area contributed by atoms with E-state index in [1.807, 2.05) is 72.8 Å². The fraction of sp³-hybridized carbons (Fsp3) is 0.345. The van der Waals surface area contributed by atoms with Crippen molar-refractivity contribution >= 4 is 34.9 Å². The van der Waals surface area contributed by atoms with Crippen molar-refractivity contribution in [3.05, 3.63) is 88.4 Å². The van der Waals surface area contributed by atoms with Gasteiger partial charge in [0.15, 0.2) is 0 Å². The maximum Gasteiger partial charge on any atom is 0.319 e. The van der Waals surface area contributed by atoms with Crippen LogP contribution in [0.1, 0.15) is 24.8 Å². The van der Waals surface area contributed by atoms with E-state index in [4.69, 9.17) is 23.2 Å². The van der Waals surface area contributed by atoms with Crippen LogP contribution in [-0.2, 0) is 6.42 Å². The van der Waals surface area contributed by atoms with Crippen molar-refractivity contribution in [2.24, 2.45) is 0 Å². The largest absolute Gasteiger partial charge is 0.338 e. The Morgan fingerprint density at radius 3 is 2.56 bits per heavy atom. The Morgan fingerprint density at radius 1 is 0.972 bits per heavy atom. The number of halogens is 2. The zero-order valence-electron chi connectivity index (χ0n) is 20.5. The molecule has 0 aliphatic carbocycles. The molecule has 0 unspecified atom stereocenters. The first-order valence-electron chi connectivity index (χ1n) is 12.7. The van der Waals surface area contributed by atoms with Crippen molar-refractivity contribution in [1.29, 1.82) is 0 Å². The molecule has 4 rings (SSSR count). The van der Waals surface area contributed by atoms with Crippen molar-refractivity contribution in [2.75, 3.05) is 38.0 Å². The minimum Gasteiger partial charge on any atom is -0.338 e. The second-order valence-electron chi connectivity index (χ2n) is 9.24. The molecular formula is C29H34Cl2N4O. The van der Waals surface area contributed by atoms with Gasteiger partial charge in [-0.25, -0.2) is 4.79 Å². The number of hydrogen-bond donors (Lipinski definition) is 3. The standard InChI is InChI=1S/C29H34Cl2N4O/c30-26-14-13-22(20-27(26)31)15-19-35(21-24-10-6-16-32-24)18-7-17-33-29(36)34-28-12-5-4-11-25(28)23-8-2-1-3-9-23/h1-5,8-9,11-14,20,24,32H,6-7,10,15-19,21H2,(H2,33,34,36)/t24-/m0/s1. The number of carbonyl (C=O) groups is 1. The van der Waals surface area contributed by atoms with Gasteiger partial charge in [-0.05, 0) is 68.1 Å². The summed E-state index contributed by atoms with van der Waals surface area (Å²) in [6.45, 7) is 4.57. The fourth-order valence-corrected chi connectivity index (χ4v) is 4.95. The van der Waals surface area contributed by atoms with Gasteiger partial charge in [0.1, 0.15) is 0 Å². The second kappa shape index (κ2) is 13.7. The number of urea groups is 1. The van der Waals surface area contributed by atoms with Crippen LogP contribution in [0.3, 0.4) is 0 Å². The highest BCUT2D eigenvalue weighted by Gasteiger charge is 2.18. The number of hydrogen-bond acceptors (Lipinski definition) is 3. The molecule has 1 aliphatic rings. The van der Waals surface area contributed by atoms with E-state index >= 15 is 0 Å². The van der Waals surface area contributed by atoms with Crippen molar-refractivity contribution < 1.29 is 4.79 Å². The first-order chi connectivity index (χ1) is 17.6. The minimum atomic E-state index is -0.182. The summed E-state index contributed by atoms with van der Waals surface area (Å²) in [5, 5.41) is 10.8. The molecule has 1 heterocycles. The number of amides is 2. The lowest BCUT2D eigenvalue weighted by Crippen LogP contribution is -2.40. The van der Waals surface area contributed by atoms with Gasteiger partial charge in [0.25, 0.3) is 0 Å². The molecule has 0 saturated carbocycles. The molecule has 3 aromatic rings. The van der Waals surface area contributed by atoms with E-state index < -0.39 is 0 Å². The van der Waals surface area contributed by atoms with E-state index in [0.717, 1.165) is 55.8 Å². The number of nitrogens with zero attached hydrogens (tertiary/aromatic N) is 1. The van der Waals surface area contributed by atoms with Crippen LogP contribution in [0.25, 0.3) is 11.1 Å². The van der Waals surface area contributed by atoms with E-state index in [0.29, 0.717) is 22.6 Å². The molecule has 0 spiro atoms. The third-order valence-electron chi connectivity index (χ3n) is 6.54. The Labute approximate surface area is 224 Å². The van der Waals surface area contributed by atoms with Gasteiger partial charge in [-0.2, -0.15) is 0 Å². The number of anilines is 1. The predicted octanol–water partition coefficient (Wildman–Crippen LogP) is 6.47. The molecule has 1 fully saturated rings. The van der Waals surface area contributed by atoms with Crippen LogP contribution in [-0.4, -0.2) is 49.7 Å². The number of nitrogens with one attached hydrogen (secondary N) is 3. The molecule has 2 amide bonds. The van der Waals surface area contributed by atoms with Gasteiger partial charge in [-0.3, -0.25) is 0 Å². The zero-order chi connectivity index (χ0) is 25.2. The lowest BCUT2D eigenvalue weighted by atomic mass is 10.0. The molecule has 0 radical (unpaired) electrons. The summed E-state index contributed by atoms with van der Waals surface area (Å²) >= 11 is 12.3. The molecule has 1 aliphatic heterocycles. The Kier molecular flexibility index (Phi) is 10.1. The normalized spacial score (nSPS) is 15.2. The minimum absolute atomic E-state index is 0.182. The van der Waals surface area contributed by atoms with Gasteiger partial charge >= 0.3 is 6.03 Å². The molecule has 3 aromatic carbocycles. The smallest absolute Gasteiger partial charge is 0.319 e. The highest BCUT2D eigenvalue weighted by Crippen LogP contribution is 2.27. The molecule has 1 atom stereocenters. The van der Waals surface area contributed by atoms with E-state index in [2.05, 4.69) is 20.9 Å². The lowest BCUT2D eigenvalue weighted by molar-refractivity contribution is 0.241. The number of rotatable bonds is 11. The van der Waals surface area contributed by atoms with E-state index in [1.165, 1.54) is 18.4 Å². The number of benzene rings is 3. The summed E-state index contributed by atoms with van der Waals surface area (Å²) in [4.78, 5) is 15.1. The van der Waals surface area contributed by atoms with Crippen molar-refractivity contribution in [3.8, 4) is 11.1 Å². The van der Waals surface area contributed by atoms with E-state index in [1.54, 1.807) is 0 Å². The first-order valence-corrected chi connectivity index (χ1v) is 13.4. The maximum absolute atomic E-state index is 12.6. The van der Waals surface area contributed by atoms with Crippen LogP contribution in [0, 0.1) is 0 Å². The fourth-order valence-electron chi connectivity index (χ4n) is 4.63. The Morgan fingerprint density at radius 2 is 1.78 bits per heavy atom. The molecule has 7 heteroatoms. The highest BCUT2D eigenvalue weighted by atomic mass is 35.5. The molecule has 1 saturated heterocycles. The summed E-state index contributed by atoms with van der Waals surface area (Å²) in [7, 11) is 0. The molecule has 5 nitrogen and oxygen atoms in total. The van der Waals surface area contributed by atoms with E-state index in [9.17, 15) is 4.79 Å². The predicted molar refractivity (Wildman–Crippen MR) is 151 cm³/mol. The SMILES string of the molecule is O=C(NCCCN(CCc1ccc(Cl)c(Cl)c1)C[C@@H]1CCCN1)Nc1ccccc1-c1ccccc1. The first kappa shape index (κ1) is 26.5. The van der Waals surface area contributed by atoms with Gasteiger partial charge in [0.2, 0.25) is 0 Å². The maximum atomic E-state index is 12.6. The number of carbonyl (C=O) groups excluding carboxylic acids is 1. The van der Waals surface area contributed by atoms with Crippen LogP contribution < -0.4 is 16.0 Å². The van der Waals surface area contributed by atoms with Gasteiger partial charge in [-0.1, -0.05) is 77.8 Å².